The van der Waals surface area contributed by atoms with Crippen LogP contribution in [0.1, 0.15) is 10.4 Å². The summed E-state index contributed by atoms with van der Waals surface area (Å²) in [4.78, 5) is 24.2. The molecule has 0 spiro atoms. The Balaban J connectivity index is 0.000001000. The van der Waals surface area contributed by atoms with Crippen molar-refractivity contribution in [1.29, 1.82) is 0 Å². The molecule has 0 unspecified atom stereocenters. The fourth-order valence-corrected chi connectivity index (χ4v) is 0.584. The van der Waals surface area contributed by atoms with Crippen molar-refractivity contribution in [2.75, 3.05) is 0 Å². The Hall–Kier alpha value is -1.55. The molecule has 0 fully saturated rings. The molecule has 1 aromatic rings. The standard InChI is InChI=1S/C7H5NO2.H2O/c9-5-7(10)6-1-3-8-4-2-6;/h1-5H;1H2. The molecule has 11 heavy (non-hydrogen) atoms. The van der Waals surface area contributed by atoms with E-state index in [1.54, 1.807) is 0 Å². The van der Waals surface area contributed by atoms with Crippen molar-refractivity contribution in [3.05, 3.63) is 30.1 Å². The lowest BCUT2D eigenvalue weighted by Crippen LogP contribution is -1.98. The van der Waals surface area contributed by atoms with Crippen molar-refractivity contribution in [2.24, 2.45) is 0 Å². The number of carbonyl (C=O) groups excluding carboxylic acids is 2. The number of hydrogen-bond acceptors (Lipinski definition) is 3. The minimum atomic E-state index is -0.512. The fraction of sp³-hybridized carbons (Fsp3) is 0. The van der Waals surface area contributed by atoms with Gasteiger partial charge in [-0.05, 0) is 12.1 Å². The molecule has 1 heterocycles. The molecule has 2 N–H and O–H groups in total. The number of carbonyl (C=O) groups is 2. The third-order valence-electron chi connectivity index (χ3n) is 1.07. The molecule has 0 aliphatic heterocycles. The van der Waals surface area contributed by atoms with Crippen LogP contribution in [0.15, 0.2) is 24.5 Å². The molecular weight excluding hydrogens is 146 g/mol. The van der Waals surface area contributed by atoms with Gasteiger partial charge in [0.05, 0.1) is 0 Å². The van der Waals surface area contributed by atoms with Crippen LogP contribution in [0.4, 0.5) is 0 Å². The summed E-state index contributed by atoms with van der Waals surface area (Å²) in [5.74, 6) is -0.512. The van der Waals surface area contributed by atoms with Gasteiger partial charge in [0, 0.05) is 18.0 Å². The third-order valence-corrected chi connectivity index (χ3v) is 1.07. The summed E-state index contributed by atoms with van der Waals surface area (Å²) in [7, 11) is 0. The van der Waals surface area contributed by atoms with Crippen LogP contribution in [-0.2, 0) is 4.79 Å². The molecule has 4 heteroatoms. The van der Waals surface area contributed by atoms with Crippen molar-refractivity contribution in [1.82, 2.24) is 4.98 Å². The van der Waals surface area contributed by atoms with Gasteiger partial charge >= 0.3 is 0 Å². The molecular formula is C7H7NO3. The maximum absolute atomic E-state index is 10.6. The van der Waals surface area contributed by atoms with E-state index in [1.165, 1.54) is 24.5 Å². The number of Topliss-reactive ketones (excluding diaryl/α,β-unsaturated/α-hetero) is 1. The van der Waals surface area contributed by atoms with Gasteiger partial charge in [-0.3, -0.25) is 14.6 Å². The van der Waals surface area contributed by atoms with Gasteiger partial charge in [-0.2, -0.15) is 0 Å². The highest BCUT2D eigenvalue weighted by Gasteiger charge is 1.99. The van der Waals surface area contributed by atoms with Crippen molar-refractivity contribution in [3.63, 3.8) is 0 Å². The van der Waals surface area contributed by atoms with Gasteiger partial charge in [-0.15, -0.1) is 0 Å². The number of ketones is 1. The summed E-state index contributed by atoms with van der Waals surface area (Å²) in [6.45, 7) is 0. The zero-order valence-electron chi connectivity index (χ0n) is 5.65. The molecule has 58 valence electrons. The van der Waals surface area contributed by atoms with Gasteiger partial charge in [0.15, 0.2) is 6.29 Å². The summed E-state index contributed by atoms with van der Waals surface area (Å²) in [5.41, 5.74) is 0.380. The monoisotopic (exact) mass is 153 g/mol. The normalized spacial score (nSPS) is 8.00. The Morgan fingerprint density at radius 3 is 2.36 bits per heavy atom. The van der Waals surface area contributed by atoms with Gasteiger partial charge < -0.3 is 5.48 Å². The number of aromatic nitrogens is 1. The van der Waals surface area contributed by atoms with Crippen LogP contribution < -0.4 is 0 Å². The first-order valence-electron chi connectivity index (χ1n) is 2.74. The van der Waals surface area contributed by atoms with E-state index < -0.39 is 5.78 Å². The Morgan fingerprint density at radius 1 is 1.36 bits per heavy atom. The Morgan fingerprint density at radius 2 is 1.91 bits per heavy atom. The molecule has 0 aromatic carbocycles. The second-order valence-electron chi connectivity index (χ2n) is 1.72. The highest BCUT2D eigenvalue weighted by molar-refractivity contribution is 6.33. The first-order valence-corrected chi connectivity index (χ1v) is 2.74. The topological polar surface area (TPSA) is 78.5 Å². The zero-order chi connectivity index (χ0) is 7.40. The molecule has 0 saturated heterocycles. The molecule has 4 nitrogen and oxygen atoms in total. The van der Waals surface area contributed by atoms with E-state index in [9.17, 15) is 9.59 Å². The maximum atomic E-state index is 10.6. The van der Waals surface area contributed by atoms with Crippen LogP contribution in [0, 0.1) is 0 Å². The predicted molar refractivity (Wildman–Crippen MR) is 38.2 cm³/mol. The molecule has 1 rings (SSSR count). The molecule has 0 radical (unpaired) electrons. The minimum Gasteiger partial charge on any atom is -0.412 e. The number of hydrogen-bond donors (Lipinski definition) is 0. The quantitative estimate of drug-likeness (QED) is 0.330. The van der Waals surface area contributed by atoms with Gasteiger partial charge in [-0.1, -0.05) is 0 Å². The third kappa shape index (κ3) is 2.27. The van der Waals surface area contributed by atoms with Crippen LogP contribution in [-0.4, -0.2) is 22.5 Å². The smallest absolute Gasteiger partial charge is 0.225 e. The van der Waals surface area contributed by atoms with Gasteiger partial charge in [0.1, 0.15) is 0 Å². The van der Waals surface area contributed by atoms with E-state index in [1.807, 2.05) is 0 Å². The number of pyridine rings is 1. The predicted octanol–water partition coefficient (Wildman–Crippen LogP) is -0.361. The molecule has 0 atom stereocenters. The highest BCUT2D eigenvalue weighted by atomic mass is 16.2. The van der Waals surface area contributed by atoms with Gasteiger partial charge in [0.25, 0.3) is 0 Å². The summed E-state index contributed by atoms with van der Waals surface area (Å²) in [5, 5.41) is 0. The first-order chi connectivity index (χ1) is 4.84. The van der Waals surface area contributed by atoms with Crippen LogP contribution in [0.2, 0.25) is 0 Å². The second kappa shape index (κ2) is 4.29. The number of nitrogens with zero attached hydrogens (tertiary/aromatic N) is 1. The lowest BCUT2D eigenvalue weighted by Gasteiger charge is -1.88. The average molecular weight is 153 g/mol. The van der Waals surface area contributed by atoms with Crippen LogP contribution in [0.5, 0.6) is 0 Å². The van der Waals surface area contributed by atoms with Crippen LogP contribution in [0.3, 0.4) is 0 Å². The fourth-order valence-electron chi connectivity index (χ4n) is 0.584. The van der Waals surface area contributed by atoms with E-state index in [0.29, 0.717) is 5.56 Å². The van der Waals surface area contributed by atoms with E-state index in [2.05, 4.69) is 4.98 Å². The lowest BCUT2D eigenvalue weighted by molar-refractivity contribution is -0.104. The number of rotatable bonds is 2. The zero-order valence-corrected chi connectivity index (χ0v) is 5.65. The van der Waals surface area contributed by atoms with Crippen LogP contribution in [0.25, 0.3) is 0 Å². The summed E-state index contributed by atoms with van der Waals surface area (Å²) < 4.78 is 0. The van der Waals surface area contributed by atoms with E-state index in [-0.39, 0.29) is 11.8 Å². The molecule has 0 bridgehead atoms. The van der Waals surface area contributed by atoms with Gasteiger partial charge in [-0.25, -0.2) is 0 Å². The summed E-state index contributed by atoms with van der Waals surface area (Å²) >= 11 is 0. The SMILES string of the molecule is O.O=CC(=O)c1ccncc1. The average Bonchev–Trinajstić information content (AvgIpc) is 2.05. The van der Waals surface area contributed by atoms with Gasteiger partial charge in [0.2, 0.25) is 5.78 Å². The van der Waals surface area contributed by atoms with Crippen molar-refractivity contribution in [2.45, 2.75) is 0 Å². The van der Waals surface area contributed by atoms with Crippen LogP contribution >= 0.6 is 0 Å². The first kappa shape index (κ1) is 9.45. The maximum Gasteiger partial charge on any atom is 0.225 e. The molecule has 0 saturated carbocycles. The Labute approximate surface area is 63.2 Å². The minimum absolute atomic E-state index is 0. The Kier molecular flexibility index (Phi) is 3.69. The Bertz CT molecular complexity index is 245. The summed E-state index contributed by atoms with van der Waals surface area (Å²) in [6, 6.07) is 2.99. The second-order valence-corrected chi connectivity index (χ2v) is 1.72. The van der Waals surface area contributed by atoms with Crippen molar-refractivity contribution >= 4 is 12.1 Å². The van der Waals surface area contributed by atoms with Crippen molar-refractivity contribution in [3.8, 4) is 0 Å². The lowest BCUT2D eigenvalue weighted by atomic mass is 10.2. The molecule has 0 aliphatic rings. The molecule has 0 aliphatic carbocycles. The highest BCUT2D eigenvalue weighted by Crippen LogP contribution is 1.94. The van der Waals surface area contributed by atoms with E-state index in [4.69, 9.17) is 0 Å². The van der Waals surface area contributed by atoms with E-state index in [0.717, 1.165) is 0 Å². The largest absolute Gasteiger partial charge is 0.412 e. The summed E-state index contributed by atoms with van der Waals surface area (Å²) in [6.07, 6.45) is 3.22. The van der Waals surface area contributed by atoms with E-state index >= 15 is 0 Å². The molecule has 0 amide bonds. The molecule has 1 aromatic heterocycles. The van der Waals surface area contributed by atoms with Crippen molar-refractivity contribution < 1.29 is 15.1 Å². The number of aldehydes is 1.